The second-order valence-corrected chi connectivity index (χ2v) is 6.51. The van der Waals surface area contributed by atoms with Crippen molar-refractivity contribution in [2.45, 2.75) is 30.2 Å². The van der Waals surface area contributed by atoms with Crippen LogP contribution in [0.1, 0.15) is 19.8 Å². The van der Waals surface area contributed by atoms with E-state index in [0.29, 0.717) is 12.2 Å². The summed E-state index contributed by atoms with van der Waals surface area (Å²) in [7, 11) is 0. The number of anilines is 1. The van der Waals surface area contributed by atoms with Crippen LogP contribution < -0.4 is 10.6 Å². The summed E-state index contributed by atoms with van der Waals surface area (Å²) >= 11 is -0.167. The van der Waals surface area contributed by atoms with E-state index in [-0.39, 0.29) is 22.6 Å². The van der Waals surface area contributed by atoms with Crippen molar-refractivity contribution in [3.05, 3.63) is 24.3 Å². The van der Waals surface area contributed by atoms with E-state index in [0.717, 1.165) is 19.4 Å². The molecule has 1 atom stereocenters. The number of thioether (sulfide) groups is 1. The van der Waals surface area contributed by atoms with Gasteiger partial charge in [0.1, 0.15) is 0 Å². The standard InChI is InChI=1S/C14H17F3N2OS/c1-13(7-2-8-18-9-13)12(20)19-10-3-5-11(6-4-10)21-14(15,16)17/h3-6,18H,2,7-9H2,1H3,(H,19,20). The predicted molar refractivity (Wildman–Crippen MR) is 77.2 cm³/mol. The van der Waals surface area contributed by atoms with Gasteiger partial charge in [-0.2, -0.15) is 13.2 Å². The summed E-state index contributed by atoms with van der Waals surface area (Å²) in [5, 5.41) is 5.96. The molecule has 0 saturated carbocycles. The van der Waals surface area contributed by atoms with Gasteiger partial charge in [0.05, 0.1) is 5.41 Å². The summed E-state index contributed by atoms with van der Waals surface area (Å²) in [5.41, 5.74) is -4.26. The Balaban J connectivity index is 1.98. The maximum absolute atomic E-state index is 12.3. The van der Waals surface area contributed by atoms with Crippen molar-refractivity contribution in [3.8, 4) is 0 Å². The van der Waals surface area contributed by atoms with E-state index in [4.69, 9.17) is 0 Å². The van der Waals surface area contributed by atoms with E-state index in [9.17, 15) is 18.0 Å². The molecule has 0 aliphatic carbocycles. The molecule has 1 heterocycles. The monoisotopic (exact) mass is 318 g/mol. The van der Waals surface area contributed by atoms with E-state index >= 15 is 0 Å². The lowest BCUT2D eigenvalue weighted by molar-refractivity contribution is -0.125. The molecule has 1 aromatic rings. The summed E-state index contributed by atoms with van der Waals surface area (Å²) in [6.45, 7) is 3.41. The van der Waals surface area contributed by atoms with Gasteiger partial charge >= 0.3 is 5.51 Å². The third-order valence-electron chi connectivity index (χ3n) is 3.49. The van der Waals surface area contributed by atoms with Crippen LogP contribution in [0.5, 0.6) is 0 Å². The average molecular weight is 318 g/mol. The van der Waals surface area contributed by atoms with Crippen LogP contribution in [-0.4, -0.2) is 24.5 Å². The van der Waals surface area contributed by atoms with Gasteiger partial charge in [0.25, 0.3) is 0 Å². The molecule has 1 aliphatic heterocycles. The van der Waals surface area contributed by atoms with E-state index in [1.165, 1.54) is 24.3 Å². The fourth-order valence-electron chi connectivity index (χ4n) is 2.27. The number of hydrogen-bond acceptors (Lipinski definition) is 3. The van der Waals surface area contributed by atoms with Crippen LogP contribution in [0.3, 0.4) is 0 Å². The first kappa shape index (κ1) is 16.2. The highest BCUT2D eigenvalue weighted by molar-refractivity contribution is 8.00. The Morgan fingerprint density at radius 2 is 2.00 bits per heavy atom. The van der Waals surface area contributed by atoms with Crippen LogP contribution in [-0.2, 0) is 4.79 Å². The van der Waals surface area contributed by atoms with Crippen molar-refractivity contribution in [2.75, 3.05) is 18.4 Å². The molecule has 116 valence electrons. The molecule has 1 aromatic carbocycles. The van der Waals surface area contributed by atoms with Crippen LogP contribution in [0.4, 0.5) is 18.9 Å². The molecule has 0 bridgehead atoms. The van der Waals surface area contributed by atoms with Gasteiger partial charge in [-0.1, -0.05) is 0 Å². The highest BCUT2D eigenvalue weighted by atomic mass is 32.2. The zero-order chi connectivity index (χ0) is 15.5. The number of benzene rings is 1. The topological polar surface area (TPSA) is 41.1 Å². The van der Waals surface area contributed by atoms with Crippen molar-refractivity contribution in [3.63, 3.8) is 0 Å². The number of carbonyl (C=O) groups excluding carboxylic acids is 1. The Labute approximate surface area is 125 Å². The number of halogens is 3. The quantitative estimate of drug-likeness (QED) is 0.836. The second kappa shape index (κ2) is 6.27. The number of hydrogen-bond donors (Lipinski definition) is 2. The minimum atomic E-state index is -4.30. The van der Waals surface area contributed by atoms with Crippen LogP contribution in [0.15, 0.2) is 29.2 Å². The lowest BCUT2D eigenvalue weighted by atomic mass is 9.82. The third kappa shape index (κ3) is 4.64. The largest absolute Gasteiger partial charge is 0.446 e. The van der Waals surface area contributed by atoms with Gasteiger partial charge in [-0.05, 0) is 62.3 Å². The van der Waals surface area contributed by atoms with Crippen molar-refractivity contribution < 1.29 is 18.0 Å². The zero-order valence-electron chi connectivity index (χ0n) is 11.6. The number of amides is 1. The molecule has 3 nitrogen and oxygen atoms in total. The predicted octanol–water partition coefficient (Wildman–Crippen LogP) is 3.63. The molecule has 2 rings (SSSR count). The Bertz CT molecular complexity index is 496. The molecule has 7 heteroatoms. The first-order chi connectivity index (χ1) is 9.78. The normalized spacial score (nSPS) is 22.9. The van der Waals surface area contributed by atoms with Gasteiger partial charge in [-0.3, -0.25) is 4.79 Å². The summed E-state index contributed by atoms with van der Waals surface area (Å²) in [4.78, 5) is 12.4. The van der Waals surface area contributed by atoms with Crippen LogP contribution in [0.2, 0.25) is 0 Å². The summed E-state index contributed by atoms with van der Waals surface area (Å²) < 4.78 is 36.7. The van der Waals surface area contributed by atoms with E-state index in [1.807, 2.05) is 6.92 Å². The lowest BCUT2D eigenvalue weighted by Crippen LogP contribution is -2.46. The number of piperidine rings is 1. The molecular formula is C14H17F3N2OS. The lowest BCUT2D eigenvalue weighted by Gasteiger charge is -2.32. The third-order valence-corrected chi connectivity index (χ3v) is 4.23. The molecule has 1 aliphatic rings. The molecular weight excluding hydrogens is 301 g/mol. The number of nitrogens with one attached hydrogen (secondary N) is 2. The minimum absolute atomic E-state index is 0.103. The van der Waals surface area contributed by atoms with E-state index < -0.39 is 10.9 Å². The molecule has 1 amide bonds. The van der Waals surface area contributed by atoms with Gasteiger partial charge in [0, 0.05) is 17.1 Å². The van der Waals surface area contributed by atoms with Crippen molar-refractivity contribution in [2.24, 2.45) is 5.41 Å². The Hall–Kier alpha value is -1.21. The molecule has 0 spiro atoms. The number of carbonyl (C=O) groups is 1. The highest BCUT2D eigenvalue weighted by Crippen LogP contribution is 2.37. The van der Waals surface area contributed by atoms with E-state index in [1.54, 1.807) is 0 Å². The van der Waals surface area contributed by atoms with Crippen LogP contribution >= 0.6 is 11.8 Å². The maximum Gasteiger partial charge on any atom is 0.446 e. The molecule has 0 aromatic heterocycles. The van der Waals surface area contributed by atoms with E-state index in [2.05, 4.69) is 10.6 Å². The molecule has 1 unspecified atom stereocenters. The number of rotatable bonds is 3. The SMILES string of the molecule is CC1(C(=O)Nc2ccc(SC(F)(F)F)cc2)CCCNC1. The Kier molecular flexibility index (Phi) is 4.83. The summed E-state index contributed by atoms with van der Waals surface area (Å²) in [5.74, 6) is -0.106. The van der Waals surface area contributed by atoms with Crippen molar-refractivity contribution in [1.29, 1.82) is 0 Å². The minimum Gasteiger partial charge on any atom is -0.326 e. The van der Waals surface area contributed by atoms with Gasteiger partial charge in [-0.25, -0.2) is 0 Å². The molecule has 0 radical (unpaired) electrons. The fourth-order valence-corrected chi connectivity index (χ4v) is 2.81. The maximum atomic E-state index is 12.3. The second-order valence-electron chi connectivity index (χ2n) is 5.37. The number of alkyl halides is 3. The van der Waals surface area contributed by atoms with Crippen LogP contribution in [0, 0.1) is 5.41 Å². The molecule has 1 saturated heterocycles. The Morgan fingerprint density at radius 3 is 2.52 bits per heavy atom. The summed E-state index contributed by atoms with van der Waals surface area (Å²) in [6.07, 6.45) is 1.74. The van der Waals surface area contributed by atoms with Gasteiger partial charge in [-0.15, -0.1) is 0 Å². The van der Waals surface area contributed by atoms with Gasteiger partial charge < -0.3 is 10.6 Å². The first-order valence-electron chi connectivity index (χ1n) is 6.66. The van der Waals surface area contributed by atoms with Gasteiger partial charge in [0.15, 0.2) is 0 Å². The molecule has 21 heavy (non-hydrogen) atoms. The van der Waals surface area contributed by atoms with Gasteiger partial charge in [0.2, 0.25) is 5.91 Å². The fraction of sp³-hybridized carbons (Fsp3) is 0.500. The summed E-state index contributed by atoms with van der Waals surface area (Å²) in [6, 6.07) is 5.70. The van der Waals surface area contributed by atoms with Crippen LogP contribution in [0.25, 0.3) is 0 Å². The first-order valence-corrected chi connectivity index (χ1v) is 7.48. The average Bonchev–Trinajstić information content (AvgIpc) is 2.40. The van der Waals surface area contributed by atoms with Crippen molar-refractivity contribution >= 4 is 23.4 Å². The molecule has 2 N–H and O–H groups in total. The zero-order valence-corrected chi connectivity index (χ0v) is 12.4. The molecule has 1 fully saturated rings. The highest BCUT2D eigenvalue weighted by Gasteiger charge is 2.34. The smallest absolute Gasteiger partial charge is 0.326 e. The Morgan fingerprint density at radius 1 is 1.33 bits per heavy atom. The van der Waals surface area contributed by atoms with Crippen molar-refractivity contribution in [1.82, 2.24) is 5.32 Å².